The fourth-order valence-corrected chi connectivity index (χ4v) is 2.36. The number of hydrogen-bond acceptors (Lipinski definition) is 7. The minimum absolute atomic E-state index is 0.137. The Balaban J connectivity index is 1.54. The number of hydrogen-bond donors (Lipinski definition) is 1. The van der Waals surface area contributed by atoms with E-state index >= 15 is 0 Å². The summed E-state index contributed by atoms with van der Waals surface area (Å²) < 4.78 is 10.2. The lowest BCUT2D eigenvalue weighted by atomic mass is 10.3. The summed E-state index contributed by atoms with van der Waals surface area (Å²) in [6, 6.07) is 3.49. The van der Waals surface area contributed by atoms with Crippen molar-refractivity contribution in [3.63, 3.8) is 0 Å². The van der Waals surface area contributed by atoms with Gasteiger partial charge in [0.15, 0.2) is 10.9 Å². The van der Waals surface area contributed by atoms with Gasteiger partial charge in [0.25, 0.3) is 0 Å². The van der Waals surface area contributed by atoms with Crippen LogP contribution in [0.5, 0.6) is 0 Å². The highest BCUT2D eigenvalue weighted by Crippen LogP contribution is 2.18. The molecule has 0 aliphatic heterocycles. The van der Waals surface area contributed by atoms with Crippen LogP contribution in [0.1, 0.15) is 17.2 Å². The molecule has 0 aromatic carbocycles. The van der Waals surface area contributed by atoms with Crippen LogP contribution in [0.2, 0.25) is 0 Å². The van der Waals surface area contributed by atoms with Crippen molar-refractivity contribution >= 4 is 22.4 Å². The minimum atomic E-state index is -0.137. The Morgan fingerprint density at radius 1 is 1.48 bits per heavy atom. The maximum absolute atomic E-state index is 11.8. The normalized spacial score (nSPS) is 10.7. The van der Waals surface area contributed by atoms with Crippen LogP contribution >= 0.6 is 11.3 Å². The van der Waals surface area contributed by atoms with Crippen molar-refractivity contribution in [2.24, 2.45) is 0 Å². The lowest BCUT2D eigenvalue weighted by Gasteiger charge is -1.98. The Morgan fingerprint density at radius 2 is 2.38 bits per heavy atom. The van der Waals surface area contributed by atoms with Crippen LogP contribution in [0, 0.1) is 6.92 Å². The topological polar surface area (TPSA) is 94.1 Å². The molecule has 8 heteroatoms. The number of carbonyl (C=O) groups excluding carboxylic acids is 1. The predicted molar refractivity (Wildman–Crippen MR) is 75.8 cm³/mol. The number of amides is 1. The molecule has 3 rings (SSSR count). The van der Waals surface area contributed by atoms with E-state index in [1.165, 1.54) is 17.6 Å². The maximum atomic E-state index is 11.8. The number of aryl methyl sites for hydroxylation is 2. The van der Waals surface area contributed by atoms with Crippen molar-refractivity contribution < 1.29 is 13.7 Å². The van der Waals surface area contributed by atoms with Gasteiger partial charge in [0, 0.05) is 23.9 Å². The summed E-state index contributed by atoms with van der Waals surface area (Å²) in [5, 5.41) is 7.13. The van der Waals surface area contributed by atoms with Gasteiger partial charge in [-0.1, -0.05) is 5.16 Å². The molecule has 1 amide bonds. The first-order valence-electron chi connectivity index (χ1n) is 6.29. The van der Waals surface area contributed by atoms with E-state index in [2.05, 4.69) is 20.4 Å². The predicted octanol–water partition coefficient (Wildman–Crippen LogP) is 2.67. The van der Waals surface area contributed by atoms with Crippen LogP contribution in [0.3, 0.4) is 0 Å². The standard InChI is InChI=1S/C13H12N4O3S/c1-8-7-14-13(21-8)15-10(18)4-5-11-16-12(17-20-11)9-3-2-6-19-9/h2-3,6-7H,4-5H2,1H3,(H,14,15,18). The zero-order valence-electron chi connectivity index (χ0n) is 11.2. The number of nitrogens with one attached hydrogen (secondary N) is 1. The van der Waals surface area contributed by atoms with E-state index in [0.717, 1.165) is 4.88 Å². The number of aromatic nitrogens is 3. The minimum Gasteiger partial charge on any atom is -0.461 e. The molecule has 3 aromatic heterocycles. The van der Waals surface area contributed by atoms with Gasteiger partial charge in [-0.15, -0.1) is 11.3 Å². The van der Waals surface area contributed by atoms with Crippen molar-refractivity contribution in [2.45, 2.75) is 19.8 Å². The smallest absolute Gasteiger partial charge is 0.238 e. The maximum Gasteiger partial charge on any atom is 0.238 e. The van der Waals surface area contributed by atoms with E-state index in [0.29, 0.717) is 29.0 Å². The number of furan rings is 1. The molecule has 3 heterocycles. The molecule has 0 spiro atoms. The fourth-order valence-electron chi connectivity index (χ4n) is 1.68. The second-order valence-corrected chi connectivity index (χ2v) is 5.55. The number of carbonyl (C=O) groups is 1. The summed E-state index contributed by atoms with van der Waals surface area (Å²) in [6.45, 7) is 1.93. The van der Waals surface area contributed by atoms with Crippen LogP contribution < -0.4 is 5.32 Å². The summed E-state index contributed by atoms with van der Waals surface area (Å²) in [6.07, 6.45) is 3.87. The SMILES string of the molecule is Cc1cnc(NC(=O)CCc2nc(-c3ccco3)no2)s1. The second-order valence-electron chi connectivity index (χ2n) is 4.31. The largest absolute Gasteiger partial charge is 0.461 e. The average Bonchev–Trinajstić information content (AvgIpc) is 3.17. The summed E-state index contributed by atoms with van der Waals surface area (Å²) >= 11 is 1.43. The van der Waals surface area contributed by atoms with Gasteiger partial charge in [0.2, 0.25) is 17.6 Å². The third-order valence-corrected chi connectivity index (χ3v) is 3.47. The van der Waals surface area contributed by atoms with Gasteiger partial charge in [0.1, 0.15) is 0 Å². The molecular formula is C13H12N4O3S. The van der Waals surface area contributed by atoms with Crippen LogP contribution in [-0.2, 0) is 11.2 Å². The molecule has 0 saturated heterocycles. The summed E-state index contributed by atoms with van der Waals surface area (Å²) in [4.78, 5) is 21.1. The lowest BCUT2D eigenvalue weighted by molar-refractivity contribution is -0.116. The van der Waals surface area contributed by atoms with Gasteiger partial charge in [0.05, 0.1) is 6.26 Å². The van der Waals surface area contributed by atoms with Gasteiger partial charge in [-0.25, -0.2) is 4.98 Å². The van der Waals surface area contributed by atoms with Gasteiger partial charge in [-0.3, -0.25) is 4.79 Å². The zero-order chi connectivity index (χ0) is 14.7. The highest BCUT2D eigenvalue weighted by molar-refractivity contribution is 7.15. The van der Waals surface area contributed by atoms with Crippen molar-refractivity contribution in [3.05, 3.63) is 35.4 Å². The highest BCUT2D eigenvalue weighted by Gasteiger charge is 2.12. The van der Waals surface area contributed by atoms with Gasteiger partial charge >= 0.3 is 0 Å². The quantitative estimate of drug-likeness (QED) is 0.778. The molecule has 0 bridgehead atoms. The van der Waals surface area contributed by atoms with E-state index in [1.807, 2.05) is 6.92 Å². The van der Waals surface area contributed by atoms with E-state index < -0.39 is 0 Å². The van der Waals surface area contributed by atoms with Crippen molar-refractivity contribution in [2.75, 3.05) is 5.32 Å². The molecule has 0 radical (unpaired) electrons. The molecule has 0 saturated carbocycles. The summed E-state index contributed by atoms with van der Waals surface area (Å²) in [5.74, 6) is 1.17. The van der Waals surface area contributed by atoms with Crippen molar-refractivity contribution in [3.8, 4) is 11.6 Å². The van der Waals surface area contributed by atoms with Crippen LogP contribution in [0.15, 0.2) is 33.5 Å². The Labute approximate surface area is 124 Å². The average molecular weight is 304 g/mol. The molecule has 0 unspecified atom stereocenters. The molecule has 21 heavy (non-hydrogen) atoms. The van der Waals surface area contributed by atoms with Crippen LogP contribution in [0.4, 0.5) is 5.13 Å². The summed E-state index contributed by atoms with van der Waals surface area (Å²) in [5.41, 5.74) is 0. The third kappa shape index (κ3) is 3.34. The molecule has 0 aliphatic carbocycles. The van der Waals surface area contributed by atoms with Gasteiger partial charge in [-0.2, -0.15) is 4.98 Å². The van der Waals surface area contributed by atoms with Crippen molar-refractivity contribution in [1.82, 2.24) is 15.1 Å². The van der Waals surface area contributed by atoms with Crippen molar-refractivity contribution in [1.29, 1.82) is 0 Å². The van der Waals surface area contributed by atoms with Gasteiger partial charge < -0.3 is 14.3 Å². The Morgan fingerprint density at radius 3 is 3.10 bits per heavy atom. The Bertz CT molecular complexity index is 732. The van der Waals surface area contributed by atoms with Crippen LogP contribution in [-0.4, -0.2) is 21.0 Å². The monoisotopic (exact) mass is 304 g/mol. The molecule has 0 aliphatic rings. The second kappa shape index (κ2) is 5.88. The Kier molecular flexibility index (Phi) is 3.78. The molecule has 108 valence electrons. The van der Waals surface area contributed by atoms with E-state index in [9.17, 15) is 4.79 Å². The van der Waals surface area contributed by atoms with E-state index in [4.69, 9.17) is 8.94 Å². The third-order valence-electron chi connectivity index (χ3n) is 2.64. The first-order chi connectivity index (χ1) is 10.2. The van der Waals surface area contributed by atoms with E-state index in [-0.39, 0.29) is 12.3 Å². The highest BCUT2D eigenvalue weighted by atomic mass is 32.1. The number of nitrogens with zero attached hydrogens (tertiary/aromatic N) is 3. The zero-order valence-corrected chi connectivity index (χ0v) is 12.0. The van der Waals surface area contributed by atoms with E-state index in [1.54, 1.807) is 18.3 Å². The summed E-state index contributed by atoms with van der Waals surface area (Å²) in [7, 11) is 0. The molecule has 0 fully saturated rings. The fraction of sp³-hybridized carbons (Fsp3) is 0.231. The molecular weight excluding hydrogens is 292 g/mol. The lowest BCUT2D eigenvalue weighted by Crippen LogP contribution is -2.12. The molecule has 3 aromatic rings. The first kappa shape index (κ1) is 13.5. The molecule has 1 N–H and O–H groups in total. The van der Waals surface area contributed by atoms with Crippen LogP contribution in [0.25, 0.3) is 11.6 Å². The van der Waals surface area contributed by atoms with Gasteiger partial charge in [-0.05, 0) is 19.1 Å². The number of thiazole rings is 1. The first-order valence-corrected chi connectivity index (χ1v) is 7.11. The molecule has 0 atom stereocenters. The number of anilines is 1. The Hall–Kier alpha value is -2.48. The number of rotatable bonds is 5. The molecule has 7 nitrogen and oxygen atoms in total.